The molecule has 26 heavy (non-hydrogen) atoms. The predicted octanol–water partition coefficient (Wildman–Crippen LogP) is 3.08. The third-order valence-corrected chi connectivity index (χ3v) is 3.95. The van der Waals surface area contributed by atoms with E-state index >= 15 is 0 Å². The number of benzene rings is 2. The van der Waals surface area contributed by atoms with Gasteiger partial charge in [-0.15, -0.1) is 0 Å². The van der Waals surface area contributed by atoms with E-state index in [1.165, 1.54) is 6.07 Å². The van der Waals surface area contributed by atoms with Crippen molar-refractivity contribution in [2.24, 2.45) is 0 Å². The molecule has 2 aromatic carbocycles. The lowest BCUT2D eigenvalue weighted by atomic mass is 10.1. The Labute approximate surface area is 151 Å². The summed E-state index contributed by atoms with van der Waals surface area (Å²) in [5.41, 5.74) is 3.04. The predicted molar refractivity (Wildman–Crippen MR) is 102 cm³/mol. The number of hydrogen-bond donors (Lipinski definition) is 2. The molecule has 0 saturated carbocycles. The lowest BCUT2D eigenvalue weighted by Gasteiger charge is -2.12. The fraction of sp³-hybridized carbons (Fsp3) is 0.263. The van der Waals surface area contributed by atoms with Gasteiger partial charge in [0.2, 0.25) is 5.95 Å². The molecular formula is C19H22FN5O. The first kappa shape index (κ1) is 17.9. The average molecular weight is 355 g/mol. The normalized spacial score (nSPS) is 11.2. The summed E-state index contributed by atoms with van der Waals surface area (Å²) in [5, 5.41) is 2.74. The van der Waals surface area contributed by atoms with Gasteiger partial charge in [0.25, 0.3) is 5.91 Å². The van der Waals surface area contributed by atoms with Gasteiger partial charge < -0.3 is 20.1 Å². The fourth-order valence-electron chi connectivity index (χ4n) is 2.65. The zero-order chi connectivity index (χ0) is 18.8. The summed E-state index contributed by atoms with van der Waals surface area (Å²) in [6.45, 7) is 0.505. The van der Waals surface area contributed by atoms with Gasteiger partial charge in [-0.05, 0) is 44.4 Å². The number of rotatable bonds is 5. The van der Waals surface area contributed by atoms with E-state index < -0.39 is 0 Å². The smallest absolute Gasteiger partial charge is 0.255 e. The number of nitrogens with one attached hydrogen (secondary N) is 2. The van der Waals surface area contributed by atoms with E-state index in [4.69, 9.17) is 0 Å². The van der Waals surface area contributed by atoms with Crippen LogP contribution in [0.1, 0.15) is 15.9 Å². The van der Waals surface area contributed by atoms with Crippen LogP contribution < -0.4 is 10.2 Å². The molecular weight excluding hydrogens is 333 g/mol. The molecule has 3 aromatic rings. The summed E-state index contributed by atoms with van der Waals surface area (Å²) in [6, 6.07) is 9.96. The number of hydrogen-bond acceptors (Lipinski definition) is 4. The van der Waals surface area contributed by atoms with E-state index in [9.17, 15) is 9.18 Å². The molecule has 1 amide bonds. The lowest BCUT2D eigenvalue weighted by Crippen LogP contribution is -2.14. The van der Waals surface area contributed by atoms with Gasteiger partial charge >= 0.3 is 0 Å². The molecule has 0 aliphatic heterocycles. The number of aromatic amines is 1. The number of H-pyrrole nitrogens is 1. The van der Waals surface area contributed by atoms with Crippen molar-refractivity contribution >= 4 is 28.6 Å². The van der Waals surface area contributed by atoms with Gasteiger partial charge in [-0.3, -0.25) is 4.79 Å². The third kappa shape index (κ3) is 3.83. The van der Waals surface area contributed by atoms with Crippen molar-refractivity contribution < 1.29 is 9.18 Å². The summed E-state index contributed by atoms with van der Waals surface area (Å²) >= 11 is 0. The first-order valence-corrected chi connectivity index (χ1v) is 8.25. The number of carbonyl (C=O) groups is 1. The monoisotopic (exact) mass is 355 g/mol. The van der Waals surface area contributed by atoms with E-state index in [2.05, 4.69) is 15.3 Å². The van der Waals surface area contributed by atoms with Crippen LogP contribution in [0.5, 0.6) is 0 Å². The first-order valence-electron chi connectivity index (χ1n) is 8.25. The number of halogens is 1. The Morgan fingerprint density at radius 1 is 1.15 bits per heavy atom. The SMILES string of the molecule is CN(C)Cc1ccc(NC(=O)c2ccc3nc(N(C)C)[nH]c3c2)cc1F. The lowest BCUT2D eigenvalue weighted by molar-refractivity contribution is 0.102. The van der Waals surface area contributed by atoms with E-state index in [0.717, 1.165) is 17.0 Å². The minimum Gasteiger partial charge on any atom is -0.349 e. The Balaban J connectivity index is 1.79. The number of nitrogens with zero attached hydrogens (tertiary/aromatic N) is 3. The molecule has 1 aromatic heterocycles. The molecule has 7 heteroatoms. The molecule has 2 N–H and O–H groups in total. The second kappa shape index (κ2) is 7.13. The Bertz CT molecular complexity index is 948. The maximum atomic E-state index is 14.2. The summed E-state index contributed by atoms with van der Waals surface area (Å²) in [6.07, 6.45) is 0. The molecule has 0 aliphatic carbocycles. The van der Waals surface area contributed by atoms with Crippen LogP contribution in [0.3, 0.4) is 0 Å². The fourth-order valence-corrected chi connectivity index (χ4v) is 2.65. The minimum absolute atomic E-state index is 0.298. The Morgan fingerprint density at radius 3 is 2.58 bits per heavy atom. The third-order valence-electron chi connectivity index (χ3n) is 3.95. The van der Waals surface area contributed by atoms with Crippen molar-refractivity contribution in [2.45, 2.75) is 6.54 Å². The summed E-state index contributed by atoms with van der Waals surface area (Å²) < 4.78 is 14.2. The quantitative estimate of drug-likeness (QED) is 0.738. The topological polar surface area (TPSA) is 64.3 Å². The van der Waals surface area contributed by atoms with E-state index in [0.29, 0.717) is 23.4 Å². The van der Waals surface area contributed by atoms with E-state index in [1.807, 2.05) is 38.0 Å². The first-order chi connectivity index (χ1) is 12.3. The average Bonchev–Trinajstić information content (AvgIpc) is 3.00. The molecule has 136 valence electrons. The molecule has 0 bridgehead atoms. The molecule has 0 fully saturated rings. The number of imidazole rings is 1. The van der Waals surface area contributed by atoms with E-state index in [1.54, 1.807) is 30.3 Å². The van der Waals surface area contributed by atoms with Gasteiger partial charge in [0.15, 0.2) is 0 Å². The van der Waals surface area contributed by atoms with Gasteiger partial charge in [0, 0.05) is 37.5 Å². The maximum Gasteiger partial charge on any atom is 0.255 e. The Kier molecular flexibility index (Phi) is 4.90. The zero-order valence-corrected chi connectivity index (χ0v) is 15.3. The van der Waals surface area contributed by atoms with E-state index in [-0.39, 0.29) is 11.7 Å². The molecule has 6 nitrogen and oxygen atoms in total. The highest BCUT2D eigenvalue weighted by Gasteiger charge is 2.12. The number of amides is 1. The van der Waals surface area contributed by atoms with Crippen LogP contribution in [-0.2, 0) is 6.54 Å². The molecule has 0 atom stereocenters. The summed E-state index contributed by atoms with van der Waals surface area (Å²) in [7, 11) is 7.53. The van der Waals surface area contributed by atoms with Crippen molar-refractivity contribution in [3.63, 3.8) is 0 Å². The number of anilines is 2. The van der Waals surface area contributed by atoms with Gasteiger partial charge in [0.05, 0.1) is 11.0 Å². The molecule has 0 aliphatic rings. The Hall–Kier alpha value is -2.93. The Morgan fingerprint density at radius 2 is 1.92 bits per heavy atom. The number of aromatic nitrogens is 2. The van der Waals surface area contributed by atoms with Gasteiger partial charge in [-0.25, -0.2) is 9.37 Å². The maximum absolute atomic E-state index is 14.2. The van der Waals surface area contributed by atoms with Gasteiger partial charge in [-0.2, -0.15) is 0 Å². The van der Waals surface area contributed by atoms with Crippen molar-refractivity contribution in [3.8, 4) is 0 Å². The number of carbonyl (C=O) groups excluding carboxylic acids is 1. The van der Waals surface area contributed by atoms with Crippen LogP contribution in [0.4, 0.5) is 16.0 Å². The van der Waals surface area contributed by atoms with Crippen molar-refractivity contribution in [1.29, 1.82) is 0 Å². The van der Waals surface area contributed by atoms with Crippen molar-refractivity contribution in [3.05, 3.63) is 53.3 Å². The van der Waals surface area contributed by atoms with Gasteiger partial charge in [-0.1, -0.05) is 6.07 Å². The van der Waals surface area contributed by atoms with Crippen LogP contribution in [-0.4, -0.2) is 49.0 Å². The molecule has 0 saturated heterocycles. The molecule has 3 rings (SSSR count). The largest absolute Gasteiger partial charge is 0.349 e. The van der Waals surface area contributed by atoms with Crippen molar-refractivity contribution in [1.82, 2.24) is 14.9 Å². The van der Waals surface area contributed by atoms with Crippen LogP contribution in [0.2, 0.25) is 0 Å². The van der Waals surface area contributed by atoms with Crippen LogP contribution in [0, 0.1) is 5.82 Å². The summed E-state index contributed by atoms with van der Waals surface area (Å²) in [5.74, 6) is 0.0833. The second-order valence-electron chi connectivity index (χ2n) is 6.68. The highest BCUT2D eigenvalue weighted by molar-refractivity contribution is 6.06. The molecule has 0 unspecified atom stereocenters. The highest BCUT2D eigenvalue weighted by atomic mass is 19.1. The summed E-state index contributed by atoms with van der Waals surface area (Å²) in [4.78, 5) is 23.8. The zero-order valence-electron chi connectivity index (χ0n) is 15.3. The van der Waals surface area contributed by atoms with Crippen LogP contribution >= 0.6 is 0 Å². The second-order valence-corrected chi connectivity index (χ2v) is 6.68. The molecule has 1 heterocycles. The minimum atomic E-state index is -0.337. The van der Waals surface area contributed by atoms with Crippen LogP contribution in [0.15, 0.2) is 36.4 Å². The highest BCUT2D eigenvalue weighted by Crippen LogP contribution is 2.20. The molecule has 0 spiro atoms. The number of fused-ring (bicyclic) bond motifs is 1. The standard InChI is InChI=1S/C19H22FN5O/c1-24(2)11-13-5-7-14(10-15(13)20)21-18(26)12-6-8-16-17(9-12)23-19(22-16)25(3)4/h5-10H,11H2,1-4H3,(H,21,26)(H,22,23). The van der Waals surface area contributed by atoms with Crippen LogP contribution in [0.25, 0.3) is 11.0 Å². The van der Waals surface area contributed by atoms with Crippen molar-refractivity contribution in [2.75, 3.05) is 38.4 Å². The van der Waals surface area contributed by atoms with Gasteiger partial charge in [0.1, 0.15) is 5.82 Å². The molecule has 0 radical (unpaired) electrons.